The number of hydrogen-bond acceptors (Lipinski definition) is 5. The van der Waals surface area contributed by atoms with Gasteiger partial charge in [-0.1, -0.05) is 19.2 Å². The third-order valence-corrected chi connectivity index (χ3v) is 1.94. The molecule has 0 aliphatic heterocycles. The van der Waals surface area contributed by atoms with Gasteiger partial charge in [-0.2, -0.15) is 0 Å². The predicted molar refractivity (Wildman–Crippen MR) is 70.8 cm³/mol. The number of carboxylic acids is 1. The summed E-state index contributed by atoms with van der Waals surface area (Å²) in [5, 5.41) is 8.76. The lowest BCUT2D eigenvalue weighted by atomic mass is 10.1. The molecule has 6 nitrogen and oxygen atoms in total. The topological polar surface area (TPSA) is 98.9 Å². The number of carbonyl (C=O) groups excluding carboxylic acids is 1. The van der Waals surface area contributed by atoms with Crippen LogP contribution in [0.2, 0.25) is 0 Å². The number of carboxylic acid groups (broad SMARTS) is 1. The predicted octanol–water partition coefficient (Wildman–Crippen LogP) is 1.32. The average Bonchev–Trinajstić information content (AvgIpc) is 2.50. The van der Waals surface area contributed by atoms with E-state index in [2.05, 4.69) is 0 Å². The van der Waals surface area contributed by atoms with E-state index in [1.165, 1.54) is 0 Å². The molecule has 0 atom stereocenters. The quantitative estimate of drug-likeness (QED) is 0.390. The van der Waals surface area contributed by atoms with Gasteiger partial charge in [0, 0.05) is 27.6 Å². The van der Waals surface area contributed by atoms with Gasteiger partial charge >= 0.3 is 11.9 Å². The van der Waals surface area contributed by atoms with Crippen LogP contribution in [-0.2, 0) is 19.1 Å². The van der Waals surface area contributed by atoms with Crippen LogP contribution >= 0.6 is 0 Å². The van der Waals surface area contributed by atoms with Crippen LogP contribution in [0, 0.1) is 0 Å². The van der Waals surface area contributed by atoms with Gasteiger partial charge in [0.15, 0.2) is 0 Å². The van der Waals surface area contributed by atoms with Crippen molar-refractivity contribution in [3.8, 4) is 0 Å². The van der Waals surface area contributed by atoms with Gasteiger partial charge in [0.05, 0.1) is 13.2 Å². The number of ether oxygens (including phenoxy) is 2. The Bertz CT molecular complexity index is 447. The average molecular weight is 281 g/mol. The van der Waals surface area contributed by atoms with Crippen LogP contribution < -0.4 is 5.73 Å². The molecule has 0 aliphatic rings. The monoisotopic (exact) mass is 281 g/mol. The molecule has 0 bridgehead atoms. The van der Waals surface area contributed by atoms with Crippen molar-refractivity contribution in [2.45, 2.75) is 44.8 Å². The van der Waals surface area contributed by atoms with E-state index in [4.69, 9.17) is 28.5 Å². The maximum absolute atomic E-state index is 11.4. The van der Waals surface area contributed by atoms with Crippen molar-refractivity contribution in [3.63, 3.8) is 0 Å². The first-order chi connectivity index (χ1) is 11.4. The minimum atomic E-state index is -3.38. The molecule has 0 fully saturated rings. The smallest absolute Gasteiger partial charge is 0.305 e. The molecule has 6 heteroatoms. The summed E-state index contributed by atoms with van der Waals surface area (Å²) in [5.41, 5.74) is 5.21. The standard InChI is InChI=1S/C13H25NO5/c14-8-9-18-10-11-19-13(17)7-5-3-1-2-4-6-12(15)16/h1-11,14H2,(H,15,16)/i2D2,4D2,6D2. The summed E-state index contributed by atoms with van der Waals surface area (Å²) in [5.74, 6) is -2.58. The Morgan fingerprint density at radius 3 is 2.58 bits per heavy atom. The Labute approximate surface area is 122 Å². The zero-order chi connectivity index (χ0) is 19.7. The van der Waals surface area contributed by atoms with Crippen LogP contribution in [0.4, 0.5) is 0 Å². The van der Waals surface area contributed by atoms with Gasteiger partial charge in [0.1, 0.15) is 6.61 Å². The van der Waals surface area contributed by atoms with Crippen molar-refractivity contribution in [2.75, 3.05) is 26.4 Å². The summed E-state index contributed by atoms with van der Waals surface area (Å²) in [7, 11) is 0. The van der Waals surface area contributed by atoms with E-state index in [1.54, 1.807) is 0 Å². The molecule has 112 valence electrons. The van der Waals surface area contributed by atoms with Gasteiger partial charge < -0.3 is 20.3 Å². The maximum Gasteiger partial charge on any atom is 0.305 e. The molecule has 0 unspecified atom stereocenters. The molecule has 0 radical (unpaired) electrons. The molecule has 0 heterocycles. The first-order valence-corrected chi connectivity index (χ1v) is 6.07. The highest BCUT2D eigenvalue weighted by Crippen LogP contribution is 2.07. The summed E-state index contributed by atoms with van der Waals surface area (Å²) in [6.07, 6.45) is -9.49. The summed E-state index contributed by atoms with van der Waals surface area (Å²) in [6.45, 7) is 1.01. The van der Waals surface area contributed by atoms with Crippen LogP contribution in [-0.4, -0.2) is 43.4 Å². The second-order valence-electron chi connectivity index (χ2n) is 3.56. The lowest BCUT2D eigenvalue weighted by Crippen LogP contribution is -2.14. The number of carbonyl (C=O) groups is 2. The van der Waals surface area contributed by atoms with Crippen molar-refractivity contribution in [2.24, 2.45) is 5.73 Å². The third kappa shape index (κ3) is 14.8. The lowest BCUT2D eigenvalue weighted by Gasteiger charge is -2.05. The van der Waals surface area contributed by atoms with E-state index in [0.717, 1.165) is 0 Å². The maximum atomic E-state index is 11.4. The van der Waals surface area contributed by atoms with Crippen LogP contribution in [0.15, 0.2) is 0 Å². The fraction of sp³-hybridized carbons (Fsp3) is 0.846. The fourth-order valence-corrected chi connectivity index (χ4v) is 1.11. The third-order valence-electron chi connectivity index (χ3n) is 1.94. The van der Waals surface area contributed by atoms with Crippen molar-refractivity contribution < 1.29 is 32.4 Å². The van der Waals surface area contributed by atoms with Gasteiger partial charge in [-0.05, 0) is 12.8 Å². The van der Waals surface area contributed by atoms with Crippen LogP contribution in [0.25, 0.3) is 0 Å². The minimum Gasteiger partial charge on any atom is -0.481 e. The molecule has 0 rings (SSSR count). The Hall–Kier alpha value is -1.14. The SMILES string of the molecule is [2H]C([2H])(CCCCC(=O)OCCOCCN)C([2H])([2H])C([2H])([2H])C(=O)O. The van der Waals surface area contributed by atoms with E-state index >= 15 is 0 Å². The number of unbranched alkanes of at least 4 members (excludes halogenated alkanes) is 1. The number of rotatable bonds is 13. The van der Waals surface area contributed by atoms with Crippen LogP contribution in [0.3, 0.4) is 0 Å². The molecule has 0 aromatic heterocycles. The normalized spacial score (nSPS) is 17.3. The summed E-state index contributed by atoms with van der Waals surface area (Å²) in [6, 6.07) is 0. The van der Waals surface area contributed by atoms with Crippen molar-refractivity contribution in [3.05, 3.63) is 0 Å². The fourth-order valence-electron chi connectivity index (χ4n) is 1.11. The van der Waals surface area contributed by atoms with Crippen LogP contribution in [0.1, 0.15) is 53.0 Å². The molecular weight excluding hydrogens is 250 g/mol. The number of esters is 1. The molecule has 0 saturated carbocycles. The Kier molecular flexibility index (Phi) is 6.80. The van der Waals surface area contributed by atoms with Gasteiger partial charge in [0.2, 0.25) is 0 Å². The Morgan fingerprint density at radius 1 is 1.11 bits per heavy atom. The largest absolute Gasteiger partial charge is 0.481 e. The lowest BCUT2D eigenvalue weighted by molar-refractivity contribution is -0.145. The van der Waals surface area contributed by atoms with Gasteiger partial charge in [-0.3, -0.25) is 9.59 Å². The molecular formula is C13H25NO5. The highest BCUT2D eigenvalue weighted by atomic mass is 16.6. The van der Waals surface area contributed by atoms with Crippen molar-refractivity contribution in [1.29, 1.82) is 0 Å². The van der Waals surface area contributed by atoms with E-state index < -0.39 is 37.5 Å². The van der Waals surface area contributed by atoms with Gasteiger partial charge in [-0.15, -0.1) is 0 Å². The highest BCUT2D eigenvalue weighted by molar-refractivity contribution is 5.69. The molecule has 0 spiro atoms. The van der Waals surface area contributed by atoms with Crippen LogP contribution in [0.5, 0.6) is 0 Å². The first kappa shape index (κ1) is 9.72. The second kappa shape index (κ2) is 13.3. The number of aliphatic carboxylic acids is 1. The van der Waals surface area contributed by atoms with Gasteiger partial charge in [-0.25, -0.2) is 0 Å². The van der Waals surface area contributed by atoms with E-state index in [-0.39, 0.29) is 32.5 Å². The summed E-state index contributed by atoms with van der Waals surface area (Å²) < 4.78 is 54.9. The second-order valence-corrected chi connectivity index (χ2v) is 3.56. The molecule has 0 aromatic carbocycles. The summed E-state index contributed by atoms with van der Waals surface area (Å²) >= 11 is 0. The summed E-state index contributed by atoms with van der Waals surface area (Å²) in [4.78, 5) is 22.3. The molecule has 0 saturated heterocycles. The number of hydrogen-bond donors (Lipinski definition) is 2. The molecule has 3 N–H and O–H groups in total. The van der Waals surface area contributed by atoms with E-state index in [1.807, 2.05) is 0 Å². The minimum absolute atomic E-state index is 0.0121. The van der Waals surface area contributed by atoms with Gasteiger partial charge in [0.25, 0.3) is 0 Å². The van der Waals surface area contributed by atoms with Crippen molar-refractivity contribution in [1.82, 2.24) is 0 Å². The zero-order valence-electron chi connectivity index (χ0n) is 16.8. The molecule has 0 aromatic rings. The van der Waals surface area contributed by atoms with E-state index in [0.29, 0.717) is 13.2 Å². The zero-order valence-corrected chi connectivity index (χ0v) is 10.8. The first-order valence-electron chi connectivity index (χ1n) is 9.07. The van der Waals surface area contributed by atoms with Crippen molar-refractivity contribution >= 4 is 11.9 Å². The molecule has 19 heavy (non-hydrogen) atoms. The Morgan fingerprint density at radius 2 is 1.89 bits per heavy atom. The highest BCUT2D eigenvalue weighted by Gasteiger charge is 2.02. The molecule has 0 amide bonds. The Balaban J connectivity index is 4.26. The number of nitrogens with two attached hydrogens (primary N) is 1. The molecule has 0 aliphatic carbocycles. The van der Waals surface area contributed by atoms with E-state index in [9.17, 15) is 9.59 Å².